The Bertz CT molecular complexity index is 354. The van der Waals surface area contributed by atoms with E-state index in [0.29, 0.717) is 6.42 Å². The summed E-state index contributed by atoms with van der Waals surface area (Å²) in [6.45, 7) is 12.3. The molecule has 1 heterocycles. The molecule has 6 heteroatoms. The van der Waals surface area contributed by atoms with E-state index >= 15 is 0 Å². The van der Waals surface area contributed by atoms with E-state index in [0.717, 1.165) is 0 Å². The van der Waals surface area contributed by atoms with Crippen LogP contribution < -0.4 is 5.32 Å². The Morgan fingerprint density at radius 1 is 1.47 bits per heavy atom. The van der Waals surface area contributed by atoms with Crippen LogP contribution in [0.15, 0.2) is 0 Å². The van der Waals surface area contributed by atoms with Gasteiger partial charge in [-0.1, -0.05) is 20.8 Å². The molecule has 0 radical (unpaired) electrons. The maximum Gasteiger partial charge on any atom is 0.302 e. The van der Waals surface area contributed by atoms with Gasteiger partial charge in [0.2, 0.25) is 5.91 Å². The molecule has 1 aliphatic rings. The number of esters is 1. The first-order chi connectivity index (χ1) is 8.53. The van der Waals surface area contributed by atoms with Crippen LogP contribution in [0.25, 0.3) is 0 Å². The van der Waals surface area contributed by atoms with Gasteiger partial charge in [-0.15, -0.1) is 0 Å². The van der Waals surface area contributed by atoms with Crippen molar-refractivity contribution in [1.29, 1.82) is 0 Å². The maximum atomic E-state index is 11.1. The summed E-state index contributed by atoms with van der Waals surface area (Å²) < 4.78 is 11.3. The Morgan fingerprint density at radius 2 is 2.00 bits per heavy atom. The molecule has 110 valence electrons. The van der Waals surface area contributed by atoms with Gasteiger partial charge in [0.1, 0.15) is 6.61 Å². The Kier molecular flexibility index (Phi) is 4.79. The minimum absolute atomic E-state index is 0.0247. The molecule has 0 aliphatic carbocycles. The third-order valence-electron chi connectivity index (χ3n) is 3.90. The van der Waals surface area contributed by atoms with Crippen LogP contribution in [0.4, 0.5) is 0 Å². The number of hydrogen-bond donors (Lipinski definition) is 1. The van der Waals surface area contributed by atoms with Gasteiger partial charge in [0.05, 0.1) is 12.1 Å². The number of amides is 1. The third kappa shape index (κ3) is 4.31. The van der Waals surface area contributed by atoms with Crippen molar-refractivity contribution in [2.75, 3.05) is 6.61 Å². The number of carbonyl (C=O) groups is 2. The summed E-state index contributed by atoms with van der Waals surface area (Å²) in [4.78, 5) is 22.0. The van der Waals surface area contributed by atoms with Crippen molar-refractivity contribution in [2.24, 2.45) is 0 Å². The second kappa shape index (κ2) is 5.62. The minimum atomic E-state index is -1.95. The molecule has 19 heavy (non-hydrogen) atoms. The predicted octanol–water partition coefficient (Wildman–Crippen LogP) is 1.83. The predicted molar refractivity (Wildman–Crippen MR) is 75.3 cm³/mol. The third-order valence-corrected chi connectivity index (χ3v) is 8.41. The first kappa shape index (κ1) is 16.2. The van der Waals surface area contributed by atoms with E-state index in [9.17, 15) is 9.59 Å². The van der Waals surface area contributed by atoms with Crippen molar-refractivity contribution >= 4 is 20.2 Å². The minimum Gasteiger partial charge on any atom is -0.463 e. The van der Waals surface area contributed by atoms with Crippen LogP contribution in [-0.4, -0.2) is 38.9 Å². The lowest BCUT2D eigenvalue weighted by Gasteiger charge is -2.43. The highest BCUT2D eigenvalue weighted by atomic mass is 28.4. The topological polar surface area (TPSA) is 64.6 Å². The SMILES string of the molecule is CC(=O)OC[C@H](O[Si](C)(C)C(C)(C)C)[C@H]1CC(=O)N1. The summed E-state index contributed by atoms with van der Waals surface area (Å²) in [6, 6.07) is -0.0408. The summed E-state index contributed by atoms with van der Waals surface area (Å²) in [5.41, 5.74) is 0. The molecule has 5 nitrogen and oxygen atoms in total. The molecule has 0 bridgehead atoms. The van der Waals surface area contributed by atoms with Gasteiger partial charge in [0, 0.05) is 13.3 Å². The van der Waals surface area contributed by atoms with Crippen molar-refractivity contribution in [3.63, 3.8) is 0 Å². The molecule has 0 aromatic heterocycles. The smallest absolute Gasteiger partial charge is 0.302 e. The van der Waals surface area contributed by atoms with Crippen LogP contribution in [-0.2, 0) is 18.8 Å². The van der Waals surface area contributed by atoms with Crippen LogP contribution in [0.1, 0.15) is 34.1 Å². The zero-order valence-electron chi connectivity index (χ0n) is 12.7. The van der Waals surface area contributed by atoms with Crippen LogP contribution in [0.2, 0.25) is 18.1 Å². The molecule has 0 unspecified atom stereocenters. The van der Waals surface area contributed by atoms with Gasteiger partial charge < -0.3 is 14.5 Å². The van der Waals surface area contributed by atoms with E-state index in [1.807, 2.05) is 0 Å². The number of ether oxygens (including phenoxy) is 1. The van der Waals surface area contributed by atoms with Crippen molar-refractivity contribution in [1.82, 2.24) is 5.32 Å². The van der Waals surface area contributed by atoms with E-state index in [1.54, 1.807) is 0 Å². The van der Waals surface area contributed by atoms with Gasteiger partial charge in [0.15, 0.2) is 8.32 Å². The molecule has 1 amide bonds. The summed E-state index contributed by atoms with van der Waals surface area (Å²) in [5, 5.41) is 2.89. The molecular weight excluding hydrogens is 262 g/mol. The van der Waals surface area contributed by atoms with Crippen molar-refractivity contribution in [2.45, 2.75) is 64.4 Å². The second-order valence-electron chi connectivity index (χ2n) is 6.60. The molecule has 1 rings (SSSR count). The van der Waals surface area contributed by atoms with Crippen LogP contribution in [0.5, 0.6) is 0 Å². The van der Waals surface area contributed by atoms with Gasteiger partial charge in [0.25, 0.3) is 0 Å². The van der Waals surface area contributed by atoms with Crippen LogP contribution >= 0.6 is 0 Å². The number of rotatable bonds is 5. The maximum absolute atomic E-state index is 11.1. The Labute approximate surface area is 116 Å². The van der Waals surface area contributed by atoms with Crippen LogP contribution in [0.3, 0.4) is 0 Å². The number of β-lactam (4-membered cyclic amide) rings is 1. The van der Waals surface area contributed by atoms with Crippen LogP contribution in [0, 0.1) is 0 Å². The molecule has 1 fully saturated rings. The lowest BCUT2D eigenvalue weighted by molar-refractivity contribution is -0.145. The molecule has 2 atom stereocenters. The van der Waals surface area contributed by atoms with Crippen molar-refractivity contribution in [3.8, 4) is 0 Å². The molecule has 1 aliphatic heterocycles. The summed E-state index contributed by atoms with van der Waals surface area (Å²) in [7, 11) is -1.95. The number of nitrogens with one attached hydrogen (secondary N) is 1. The number of hydrogen-bond acceptors (Lipinski definition) is 4. The van der Waals surface area contributed by atoms with Gasteiger partial charge in [-0.25, -0.2) is 0 Å². The molecule has 1 saturated heterocycles. The van der Waals surface area contributed by atoms with Gasteiger partial charge in [-0.3, -0.25) is 9.59 Å². The molecule has 0 aromatic rings. The molecular formula is C13H25NO4Si. The first-order valence-corrected chi connectivity index (χ1v) is 9.54. The normalized spacial score (nSPS) is 21.4. The first-order valence-electron chi connectivity index (χ1n) is 6.63. The highest BCUT2D eigenvalue weighted by molar-refractivity contribution is 6.74. The second-order valence-corrected chi connectivity index (χ2v) is 11.4. The van der Waals surface area contributed by atoms with E-state index < -0.39 is 8.32 Å². The van der Waals surface area contributed by atoms with E-state index in [4.69, 9.17) is 9.16 Å². The summed E-state index contributed by atoms with van der Waals surface area (Å²) >= 11 is 0. The zero-order chi connectivity index (χ0) is 14.8. The van der Waals surface area contributed by atoms with Crippen molar-refractivity contribution < 1.29 is 18.8 Å². The lowest BCUT2D eigenvalue weighted by atomic mass is 10.0. The standard InChI is InChI=1S/C13H25NO4Si/c1-9(15)17-8-11(10-7-12(16)14-10)18-19(5,6)13(2,3)4/h10-11H,7-8H2,1-6H3,(H,14,16)/t10-,11+/m1/s1. The van der Waals surface area contributed by atoms with E-state index in [1.165, 1.54) is 6.92 Å². The Balaban J connectivity index is 2.68. The zero-order valence-corrected chi connectivity index (χ0v) is 13.7. The lowest BCUT2D eigenvalue weighted by Crippen LogP contribution is -2.60. The van der Waals surface area contributed by atoms with Crippen molar-refractivity contribution in [3.05, 3.63) is 0 Å². The number of carbonyl (C=O) groups excluding carboxylic acids is 2. The molecule has 0 saturated carbocycles. The fourth-order valence-corrected chi connectivity index (χ4v) is 2.94. The fourth-order valence-electron chi connectivity index (χ4n) is 1.60. The fraction of sp³-hybridized carbons (Fsp3) is 0.846. The van der Waals surface area contributed by atoms with Gasteiger partial charge in [-0.2, -0.15) is 0 Å². The van der Waals surface area contributed by atoms with Gasteiger partial charge >= 0.3 is 5.97 Å². The van der Waals surface area contributed by atoms with Gasteiger partial charge in [-0.05, 0) is 18.1 Å². The summed E-state index contributed by atoms with van der Waals surface area (Å²) in [6.07, 6.45) is 0.197. The monoisotopic (exact) mass is 287 g/mol. The van der Waals surface area contributed by atoms with E-state index in [-0.39, 0.29) is 35.7 Å². The highest BCUT2D eigenvalue weighted by Crippen LogP contribution is 2.38. The summed E-state index contributed by atoms with van der Waals surface area (Å²) in [5.74, 6) is -0.300. The average Bonchev–Trinajstić information content (AvgIpc) is 2.18. The molecule has 1 N–H and O–H groups in total. The Morgan fingerprint density at radius 3 is 2.37 bits per heavy atom. The molecule has 0 spiro atoms. The quantitative estimate of drug-likeness (QED) is 0.476. The highest BCUT2D eigenvalue weighted by Gasteiger charge is 2.43. The molecule has 0 aromatic carbocycles. The average molecular weight is 287 g/mol. The Hall–Kier alpha value is -0.883. The largest absolute Gasteiger partial charge is 0.463 e. The van der Waals surface area contributed by atoms with E-state index in [2.05, 4.69) is 39.2 Å².